The topological polar surface area (TPSA) is 12.0 Å². The van der Waals surface area contributed by atoms with Crippen LogP contribution in [0.4, 0.5) is 4.39 Å². The van der Waals surface area contributed by atoms with Crippen LogP contribution in [-0.4, -0.2) is 6.04 Å². The van der Waals surface area contributed by atoms with Crippen molar-refractivity contribution in [3.63, 3.8) is 0 Å². The number of hydrogen-bond donors (Lipinski definition) is 1. The Morgan fingerprint density at radius 2 is 2.29 bits per heavy atom. The van der Waals surface area contributed by atoms with E-state index in [4.69, 9.17) is 0 Å². The maximum atomic E-state index is 13.4. The average Bonchev–Trinajstić information content (AvgIpc) is 2.61. The lowest BCUT2D eigenvalue weighted by Gasteiger charge is -2.15. The molecule has 0 fully saturated rings. The zero-order valence-electron chi connectivity index (χ0n) is 8.20. The molecule has 2 rings (SSSR count). The van der Waals surface area contributed by atoms with E-state index in [1.54, 1.807) is 6.08 Å². The predicted octanol–water partition coefficient (Wildman–Crippen LogP) is 2.85. The highest BCUT2D eigenvalue weighted by Gasteiger charge is 2.25. The van der Waals surface area contributed by atoms with E-state index in [9.17, 15) is 4.39 Å². The largest absolute Gasteiger partial charge is 0.376 e. The molecule has 1 nitrogen and oxygen atoms in total. The Balaban J connectivity index is 2.14. The number of fused-ring (bicyclic) bond motifs is 1. The van der Waals surface area contributed by atoms with Crippen molar-refractivity contribution in [3.05, 3.63) is 48.0 Å². The number of halogens is 1. The Labute approximate surface area is 83.7 Å². The van der Waals surface area contributed by atoms with Gasteiger partial charge in [0.2, 0.25) is 0 Å². The second-order valence-electron chi connectivity index (χ2n) is 3.56. The lowest BCUT2D eigenvalue weighted by atomic mass is 9.98. The second kappa shape index (κ2) is 3.82. The van der Waals surface area contributed by atoms with Crippen molar-refractivity contribution < 1.29 is 4.39 Å². The first-order valence-electron chi connectivity index (χ1n) is 5.00. The molecule has 0 saturated heterocycles. The molecule has 0 radical (unpaired) electrons. The summed E-state index contributed by atoms with van der Waals surface area (Å²) in [6, 6.07) is 0.242. The fourth-order valence-corrected chi connectivity index (χ4v) is 1.79. The van der Waals surface area contributed by atoms with Crippen LogP contribution >= 0.6 is 0 Å². The zero-order valence-corrected chi connectivity index (χ0v) is 8.20. The summed E-state index contributed by atoms with van der Waals surface area (Å²) >= 11 is 0. The molecule has 0 aromatic carbocycles. The first kappa shape index (κ1) is 9.25. The first-order valence-corrected chi connectivity index (χ1v) is 5.00. The second-order valence-corrected chi connectivity index (χ2v) is 3.56. The smallest absolute Gasteiger partial charge is 0.142 e. The third-order valence-electron chi connectivity index (χ3n) is 2.50. The highest BCUT2D eigenvalue weighted by atomic mass is 19.1. The first-order chi connectivity index (χ1) is 6.81. The summed E-state index contributed by atoms with van der Waals surface area (Å²) in [7, 11) is 0. The van der Waals surface area contributed by atoms with E-state index in [1.165, 1.54) is 0 Å². The monoisotopic (exact) mass is 191 g/mol. The Morgan fingerprint density at radius 3 is 3.00 bits per heavy atom. The van der Waals surface area contributed by atoms with Crippen LogP contribution in [0, 0.1) is 5.92 Å². The van der Waals surface area contributed by atoms with Crippen molar-refractivity contribution in [1.29, 1.82) is 0 Å². The van der Waals surface area contributed by atoms with Crippen LogP contribution in [0.2, 0.25) is 0 Å². The van der Waals surface area contributed by atoms with E-state index in [2.05, 4.69) is 17.5 Å². The summed E-state index contributed by atoms with van der Waals surface area (Å²) in [5.74, 6) is 0.176. The minimum Gasteiger partial charge on any atom is -0.376 e. The van der Waals surface area contributed by atoms with E-state index < -0.39 is 0 Å². The number of hydrogen-bond acceptors (Lipinski definition) is 1. The van der Waals surface area contributed by atoms with E-state index in [0.717, 1.165) is 6.42 Å². The summed E-state index contributed by atoms with van der Waals surface area (Å²) in [6.07, 6.45) is 12.4. The van der Waals surface area contributed by atoms with Gasteiger partial charge in [0.1, 0.15) is 5.83 Å². The molecule has 0 amide bonds. The van der Waals surface area contributed by atoms with Crippen LogP contribution in [0.15, 0.2) is 48.0 Å². The van der Waals surface area contributed by atoms with Gasteiger partial charge in [-0.3, -0.25) is 0 Å². The summed E-state index contributed by atoms with van der Waals surface area (Å²) in [6.45, 7) is 1.93. The van der Waals surface area contributed by atoms with Gasteiger partial charge in [-0.15, -0.1) is 0 Å². The summed E-state index contributed by atoms with van der Waals surface area (Å²) in [5.41, 5.74) is 0.637. The molecule has 2 atom stereocenters. The molecular formula is C12H14FN. The van der Waals surface area contributed by atoms with Crippen LogP contribution in [0.3, 0.4) is 0 Å². The highest BCUT2D eigenvalue weighted by Crippen LogP contribution is 2.26. The van der Waals surface area contributed by atoms with Crippen molar-refractivity contribution in [2.45, 2.75) is 19.4 Å². The van der Waals surface area contributed by atoms with Gasteiger partial charge < -0.3 is 5.32 Å². The minimum absolute atomic E-state index is 0.135. The molecule has 0 bridgehead atoms. The van der Waals surface area contributed by atoms with Crippen molar-refractivity contribution in [2.75, 3.05) is 0 Å². The van der Waals surface area contributed by atoms with Crippen molar-refractivity contribution in [1.82, 2.24) is 5.32 Å². The third-order valence-corrected chi connectivity index (χ3v) is 2.50. The normalized spacial score (nSPS) is 29.9. The van der Waals surface area contributed by atoms with Crippen molar-refractivity contribution in [3.8, 4) is 0 Å². The third kappa shape index (κ3) is 1.65. The Morgan fingerprint density at radius 1 is 1.50 bits per heavy atom. The lowest BCUT2D eigenvalue weighted by molar-refractivity contribution is 0.594. The molecular weight excluding hydrogens is 177 g/mol. The maximum Gasteiger partial charge on any atom is 0.142 e. The molecule has 14 heavy (non-hydrogen) atoms. The lowest BCUT2D eigenvalue weighted by Crippen LogP contribution is -2.26. The van der Waals surface area contributed by atoms with Gasteiger partial charge in [-0.25, -0.2) is 4.39 Å². The molecule has 0 saturated carbocycles. The van der Waals surface area contributed by atoms with Crippen LogP contribution in [0.25, 0.3) is 0 Å². The van der Waals surface area contributed by atoms with Crippen LogP contribution in [0.1, 0.15) is 13.3 Å². The molecule has 1 heterocycles. The summed E-state index contributed by atoms with van der Waals surface area (Å²) in [5, 5.41) is 3.16. The molecule has 1 N–H and O–H groups in total. The van der Waals surface area contributed by atoms with Crippen LogP contribution < -0.4 is 5.32 Å². The van der Waals surface area contributed by atoms with E-state index in [0.29, 0.717) is 11.6 Å². The van der Waals surface area contributed by atoms with Crippen LogP contribution in [0.5, 0.6) is 0 Å². The Bertz CT molecular complexity index is 336. The SMILES string of the molecule is CC/C=C(\F)C1=CC2C=CC=CC2N1. The van der Waals surface area contributed by atoms with E-state index >= 15 is 0 Å². The van der Waals surface area contributed by atoms with Crippen LogP contribution in [-0.2, 0) is 0 Å². The van der Waals surface area contributed by atoms with Gasteiger partial charge in [-0.2, -0.15) is 0 Å². The molecule has 2 unspecified atom stereocenters. The molecule has 2 heteroatoms. The maximum absolute atomic E-state index is 13.4. The summed E-state index contributed by atoms with van der Waals surface area (Å²) < 4.78 is 13.4. The average molecular weight is 191 g/mol. The molecule has 2 aliphatic rings. The van der Waals surface area contributed by atoms with Crippen molar-refractivity contribution in [2.24, 2.45) is 5.92 Å². The molecule has 1 aliphatic heterocycles. The molecule has 0 spiro atoms. The molecule has 74 valence electrons. The molecule has 1 aliphatic carbocycles. The zero-order chi connectivity index (χ0) is 9.97. The van der Waals surface area contributed by atoms with E-state index in [1.807, 2.05) is 25.2 Å². The van der Waals surface area contributed by atoms with Crippen molar-refractivity contribution >= 4 is 0 Å². The highest BCUT2D eigenvalue weighted by molar-refractivity contribution is 5.36. The summed E-state index contributed by atoms with van der Waals surface area (Å²) in [4.78, 5) is 0. The van der Waals surface area contributed by atoms with Gasteiger partial charge in [0.05, 0.1) is 11.7 Å². The fourth-order valence-electron chi connectivity index (χ4n) is 1.79. The number of nitrogens with one attached hydrogen (secondary N) is 1. The van der Waals surface area contributed by atoms with Gasteiger partial charge in [0, 0.05) is 5.92 Å². The molecule has 0 aromatic rings. The molecule has 0 aromatic heterocycles. The number of allylic oxidation sites excluding steroid dienone is 4. The van der Waals surface area contributed by atoms with Gasteiger partial charge in [0.25, 0.3) is 0 Å². The fraction of sp³-hybridized carbons (Fsp3) is 0.333. The van der Waals surface area contributed by atoms with Gasteiger partial charge in [-0.1, -0.05) is 31.2 Å². The standard InChI is InChI=1S/C12H14FN/c1-2-5-10(13)12-8-9-6-3-4-7-11(9)14-12/h3-9,11,14H,2H2,1H3/b10-5-. The number of rotatable bonds is 2. The van der Waals surface area contributed by atoms with Gasteiger partial charge in [-0.05, 0) is 18.6 Å². The van der Waals surface area contributed by atoms with Gasteiger partial charge in [0.15, 0.2) is 0 Å². The Hall–Kier alpha value is -1.31. The quantitative estimate of drug-likeness (QED) is 0.707. The Kier molecular flexibility index (Phi) is 2.53. The predicted molar refractivity (Wildman–Crippen MR) is 56.3 cm³/mol. The van der Waals surface area contributed by atoms with E-state index in [-0.39, 0.29) is 11.9 Å². The van der Waals surface area contributed by atoms with Gasteiger partial charge >= 0.3 is 0 Å². The minimum atomic E-state index is -0.135.